The average Bonchev–Trinajstić information content (AvgIpc) is 1.55. The first-order valence-corrected chi connectivity index (χ1v) is 30.6. The van der Waals surface area contributed by atoms with E-state index in [1.54, 1.807) is 0 Å². The van der Waals surface area contributed by atoms with Crippen molar-refractivity contribution < 1.29 is 8.83 Å². The van der Waals surface area contributed by atoms with Crippen LogP contribution >= 0.6 is 11.3 Å². The molecule has 0 amide bonds. The Morgan fingerprint density at radius 2 is 0.686 bits per heavy atom. The van der Waals surface area contributed by atoms with Gasteiger partial charge in [-0.05, 0) is 171 Å². The van der Waals surface area contributed by atoms with Crippen molar-refractivity contribution in [2.45, 2.75) is 19.3 Å². The van der Waals surface area contributed by atoms with Gasteiger partial charge in [0.1, 0.15) is 22.3 Å². The molecule has 0 radical (unpaired) electrons. The molecule has 0 N–H and O–H groups in total. The second-order valence-corrected chi connectivity index (χ2v) is 25.1. The number of hydrogen-bond donors (Lipinski definition) is 0. The Bertz CT molecular complexity index is 5790. The van der Waals surface area contributed by atoms with Gasteiger partial charge >= 0.3 is 0 Å². The lowest BCUT2D eigenvalue weighted by Crippen LogP contribution is -2.15. The molecule has 0 unspecified atom stereocenters. The Labute approximate surface area is 500 Å². The lowest BCUT2D eigenvalue weighted by Gasteiger charge is -2.24. The molecule has 14 aromatic carbocycles. The van der Waals surface area contributed by atoms with Crippen LogP contribution in [0, 0.1) is 0 Å². The molecule has 0 aliphatic heterocycles. The molecule has 400 valence electrons. The molecule has 0 saturated carbocycles. The molecule has 2 nitrogen and oxygen atoms in total. The molecular formula is C83H50O2S. The van der Waals surface area contributed by atoms with Gasteiger partial charge in [-0.3, -0.25) is 0 Å². The summed E-state index contributed by atoms with van der Waals surface area (Å²) >= 11 is 1.89. The van der Waals surface area contributed by atoms with E-state index in [4.69, 9.17) is 8.83 Å². The Morgan fingerprint density at radius 1 is 0.244 bits per heavy atom. The largest absolute Gasteiger partial charge is 0.456 e. The normalized spacial score (nSPS) is 13.1. The molecule has 0 fully saturated rings. The molecular weight excluding hydrogens is 1060 g/mol. The van der Waals surface area contributed by atoms with Crippen molar-refractivity contribution in [2.75, 3.05) is 0 Å². The Morgan fingerprint density at radius 3 is 1.30 bits per heavy atom. The zero-order valence-corrected chi connectivity index (χ0v) is 47.9. The van der Waals surface area contributed by atoms with E-state index < -0.39 is 0 Å². The van der Waals surface area contributed by atoms with Gasteiger partial charge in [-0.15, -0.1) is 11.3 Å². The third-order valence-electron chi connectivity index (χ3n) is 19.2. The first kappa shape index (κ1) is 47.9. The van der Waals surface area contributed by atoms with Crippen molar-refractivity contribution in [3.8, 4) is 100 Å². The topological polar surface area (TPSA) is 26.3 Å². The van der Waals surface area contributed by atoms with Crippen LogP contribution in [0.15, 0.2) is 276 Å². The molecule has 3 aliphatic rings. The van der Waals surface area contributed by atoms with Gasteiger partial charge in [-0.1, -0.05) is 232 Å². The van der Waals surface area contributed by atoms with E-state index in [2.05, 4.69) is 281 Å². The zero-order chi connectivity index (χ0) is 56.5. The molecule has 0 bridgehead atoms. The van der Waals surface area contributed by atoms with E-state index in [0.29, 0.717) is 0 Å². The Hall–Kier alpha value is -10.6. The van der Waals surface area contributed by atoms with Gasteiger partial charge in [0, 0.05) is 57.9 Å². The lowest BCUT2D eigenvalue weighted by atomic mass is 9.79. The van der Waals surface area contributed by atoms with Gasteiger partial charge in [0.25, 0.3) is 0 Å². The highest BCUT2D eigenvalue weighted by molar-refractivity contribution is 7.26. The van der Waals surface area contributed by atoms with Crippen LogP contribution in [0.2, 0.25) is 0 Å². The molecule has 0 saturated heterocycles. The summed E-state index contributed by atoms with van der Waals surface area (Å²) in [6.07, 6.45) is 0. The maximum atomic E-state index is 6.50. The van der Waals surface area contributed by atoms with Gasteiger partial charge in [0.2, 0.25) is 0 Å². The third kappa shape index (κ3) is 6.55. The highest BCUT2D eigenvalue weighted by atomic mass is 32.1. The Balaban J connectivity index is 0.000000126. The highest BCUT2D eigenvalue weighted by Crippen LogP contribution is 2.61. The summed E-state index contributed by atoms with van der Waals surface area (Å²) < 4.78 is 15.7. The molecule has 0 spiro atoms. The lowest BCUT2D eigenvalue weighted by molar-refractivity contribution is 0.661. The van der Waals surface area contributed by atoms with Gasteiger partial charge in [0.15, 0.2) is 0 Å². The predicted molar refractivity (Wildman–Crippen MR) is 364 cm³/mol. The number of rotatable bonds is 6. The van der Waals surface area contributed by atoms with E-state index in [0.717, 1.165) is 22.3 Å². The quantitative estimate of drug-likeness (QED) is 0.166. The van der Waals surface area contributed by atoms with E-state index in [1.807, 2.05) is 11.3 Å². The van der Waals surface area contributed by atoms with Gasteiger partial charge in [0.05, 0.1) is 0 Å². The Kier molecular flexibility index (Phi) is 9.87. The number of fused-ring (bicyclic) bond motifs is 2. The summed E-state index contributed by atoms with van der Waals surface area (Å²) in [5, 5.41) is 12.9. The van der Waals surface area contributed by atoms with Crippen LogP contribution < -0.4 is 0 Å². The molecule has 17 aromatic rings. The van der Waals surface area contributed by atoms with Crippen LogP contribution in [0.1, 0.15) is 25.0 Å². The fraction of sp³-hybridized carbons (Fsp3) is 0.0361. The van der Waals surface area contributed by atoms with E-state index in [1.165, 1.54) is 175 Å². The SMILES string of the molecule is CC1(C)c2cc(-c3ccccc3-c3ccccc3-c3ccccc3)cc3c2-c2c1ccc1ccc4oc5cccc-3c5c4c21.c1ccc(-c2ccccc2-c2ccccc2-c2ccc3sc4ccc5ccc6oc7cccc8c7c6c5c4c3c2-8)cc1. The number of hydrogen-bond acceptors (Lipinski definition) is 3. The molecule has 0 atom stereocenters. The van der Waals surface area contributed by atoms with Crippen molar-refractivity contribution >= 4 is 96.9 Å². The van der Waals surface area contributed by atoms with Crippen LogP contribution in [0.25, 0.3) is 186 Å². The summed E-state index contributed by atoms with van der Waals surface area (Å²) in [6, 6.07) is 97.6. The van der Waals surface area contributed by atoms with Gasteiger partial charge < -0.3 is 8.83 Å². The van der Waals surface area contributed by atoms with E-state index in [-0.39, 0.29) is 5.41 Å². The van der Waals surface area contributed by atoms with Crippen molar-refractivity contribution in [3.05, 3.63) is 278 Å². The number of thiophene rings is 1. The maximum absolute atomic E-state index is 6.50. The standard InChI is InChI=1S/C43H28O.C40H22OS/c1-43(2)34-21-19-26-20-22-37-42-38(26)41(34)39-33(32-17-10-18-36(44-37)40(32)42)23-27(24-35(39)43)29-14-7-9-16-31(29)30-15-8-6-13-28(30)25-11-4-3-5-12-25;1-2-9-23(10-3-1)25-11-4-5-12-26(25)27-13-6-7-14-28(27)29-19-22-34-40-36(29)30-15-8-16-31-37(30)38-32(41-31)20-17-24-18-21-33(42-34)39(40)35(24)38/h3-24H,1-2H3;1-22H. The van der Waals surface area contributed by atoms with Crippen molar-refractivity contribution in [1.82, 2.24) is 0 Å². The summed E-state index contributed by atoms with van der Waals surface area (Å²) in [5.41, 5.74) is 29.3. The average molecular weight is 1110 g/mol. The van der Waals surface area contributed by atoms with E-state index in [9.17, 15) is 0 Å². The molecule has 20 rings (SSSR count). The fourth-order valence-corrected chi connectivity index (χ4v) is 16.7. The minimum atomic E-state index is -0.141. The van der Waals surface area contributed by atoms with E-state index >= 15 is 0 Å². The monoisotopic (exact) mass is 1110 g/mol. The summed E-state index contributed by atoms with van der Waals surface area (Å²) in [6.45, 7) is 4.79. The van der Waals surface area contributed by atoms with Gasteiger partial charge in [-0.2, -0.15) is 0 Å². The predicted octanol–water partition coefficient (Wildman–Crippen LogP) is 24.1. The summed E-state index contributed by atoms with van der Waals surface area (Å²) in [4.78, 5) is 0. The number of furan rings is 2. The second kappa shape index (κ2) is 17.7. The molecule has 86 heavy (non-hydrogen) atoms. The molecule has 3 heteroatoms. The van der Waals surface area contributed by atoms with Crippen molar-refractivity contribution in [3.63, 3.8) is 0 Å². The van der Waals surface area contributed by atoms with Crippen LogP contribution in [-0.4, -0.2) is 0 Å². The summed E-state index contributed by atoms with van der Waals surface area (Å²) in [5.74, 6) is 0. The van der Waals surface area contributed by atoms with Crippen LogP contribution in [0.3, 0.4) is 0 Å². The van der Waals surface area contributed by atoms with Crippen LogP contribution in [0.5, 0.6) is 0 Å². The minimum Gasteiger partial charge on any atom is -0.456 e. The first-order chi connectivity index (χ1) is 42.4. The van der Waals surface area contributed by atoms with Gasteiger partial charge in [-0.25, -0.2) is 0 Å². The van der Waals surface area contributed by atoms with Crippen molar-refractivity contribution in [1.29, 1.82) is 0 Å². The second-order valence-electron chi connectivity index (χ2n) is 24.0. The molecule has 3 aromatic heterocycles. The zero-order valence-electron chi connectivity index (χ0n) is 47.1. The fourth-order valence-electron chi connectivity index (χ4n) is 15.5. The first-order valence-electron chi connectivity index (χ1n) is 29.8. The number of benzene rings is 14. The smallest absolute Gasteiger partial charge is 0.136 e. The van der Waals surface area contributed by atoms with Crippen LogP contribution in [0.4, 0.5) is 0 Å². The highest BCUT2D eigenvalue weighted by Gasteiger charge is 2.41. The molecule has 3 aliphatic carbocycles. The van der Waals surface area contributed by atoms with Crippen LogP contribution in [-0.2, 0) is 5.41 Å². The molecule has 3 heterocycles. The maximum Gasteiger partial charge on any atom is 0.136 e. The summed E-state index contributed by atoms with van der Waals surface area (Å²) in [7, 11) is 0. The van der Waals surface area contributed by atoms with Crippen molar-refractivity contribution in [2.24, 2.45) is 0 Å². The minimum absolute atomic E-state index is 0.141. The third-order valence-corrected chi connectivity index (χ3v) is 20.4.